The van der Waals surface area contributed by atoms with Gasteiger partial charge in [-0.3, -0.25) is 0 Å². The normalized spacial score (nSPS) is 11.8. The number of hydrogen-bond acceptors (Lipinski definition) is 5. The van der Waals surface area contributed by atoms with E-state index in [1.165, 1.54) is 6.92 Å². The number of carbonyl (C=O) groups is 1. The molecular weight excluding hydrogens is 292 g/mol. The van der Waals surface area contributed by atoms with Crippen molar-refractivity contribution in [3.05, 3.63) is 59.7 Å². The van der Waals surface area contributed by atoms with Gasteiger partial charge in [-0.1, -0.05) is 29.5 Å². The third kappa shape index (κ3) is 3.19. The topological polar surface area (TPSA) is 80.8 Å². The number of nitriles is 1. The van der Waals surface area contributed by atoms with Crippen molar-refractivity contribution >= 4 is 17.0 Å². The molecule has 0 aliphatic heterocycles. The van der Waals surface area contributed by atoms with Crippen molar-refractivity contribution in [3.8, 4) is 6.07 Å². The molecule has 0 spiro atoms. The van der Waals surface area contributed by atoms with Gasteiger partial charge in [-0.15, -0.1) is 5.10 Å². The zero-order valence-corrected chi connectivity index (χ0v) is 12.5. The summed E-state index contributed by atoms with van der Waals surface area (Å²) in [5, 5.41) is 16.9. The van der Waals surface area contributed by atoms with Crippen molar-refractivity contribution in [1.82, 2.24) is 15.0 Å². The molecule has 0 amide bonds. The third-order valence-electron chi connectivity index (χ3n) is 3.41. The fourth-order valence-corrected chi connectivity index (χ4v) is 2.21. The molecule has 1 heterocycles. The molecule has 3 rings (SSSR count). The molecule has 23 heavy (non-hydrogen) atoms. The highest BCUT2D eigenvalue weighted by molar-refractivity contribution is 5.89. The number of esters is 1. The zero-order valence-electron chi connectivity index (χ0n) is 12.5. The van der Waals surface area contributed by atoms with Gasteiger partial charge in [-0.25, -0.2) is 9.48 Å². The average Bonchev–Trinajstić information content (AvgIpc) is 2.98. The summed E-state index contributed by atoms with van der Waals surface area (Å²) in [6.07, 6.45) is -0.760. The molecule has 0 unspecified atom stereocenters. The first-order valence-corrected chi connectivity index (χ1v) is 7.15. The van der Waals surface area contributed by atoms with E-state index in [4.69, 9.17) is 10.00 Å². The van der Waals surface area contributed by atoms with Crippen molar-refractivity contribution in [3.63, 3.8) is 0 Å². The number of ether oxygens (including phenoxy) is 1. The van der Waals surface area contributed by atoms with Crippen LogP contribution in [0.15, 0.2) is 48.5 Å². The number of para-hydroxylation sites is 1. The predicted octanol–water partition coefficient (Wildman–Crippen LogP) is 2.55. The Hall–Kier alpha value is -3.20. The lowest BCUT2D eigenvalue weighted by Gasteiger charge is -2.07. The molecule has 0 bridgehead atoms. The highest BCUT2D eigenvalue weighted by Gasteiger charge is 2.11. The largest absolute Gasteiger partial charge is 0.444 e. The minimum atomic E-state index is -0.760. The van der Waals surface area contributed by atoms with E-state index in [1.54, 1.807) is 16.8 Å². The summed E-state index contributed by atoms with van der Waals surface area (Å²) in [7, 11) is 0. The predicted molar refractivity (Wildman–Crippen MR) is 83.6 cm³/mol. The van der Waals surface area contributed by atoms with Crippen molar-refractivity contribution in [1.29, 1.82) is 5.26 Å². The SMILES string of the molecule is C[C@@H](C#N)OC(=O)c1ccc(Cn2nnc3ccccc32)cc1. The fraction of sp³-hybridized carbons (Fsp3) is 0.176. The van der Waals surface area contributed by atoms with Gasteiger partial charge in [0.25, 0.3) is 0 Å². The Kier molecular flexibility index (Phi) is 4.02. The lowest BCUT2D eigenvalue weighted by molar-refractivity contribution is 0.0435. The van der Waals surface area contributed by atoms with Gasteiger partial charge in [0.05, 0.1) is 17.6 Å². The van der Waals surface area contributed by atoms with E-state index in [2.05, 4.69) is 10.3 Å². The Morgan fingerprint density at radius 1 is 1.26 bits per heavy atom. The lowest BCUT2D eigenvalue weighted by atomic mass is 10.1. The van der Waals surface area contributed by atoms with Crippen LogP contribution < -0.4 is 0 Å². The molecule has 0 aliphatic carbocycles. The smallest absolute Gasteiger partial charge is 0.339 e. The molecule has 6 nitrogen and oxygen atoms in total. The quantitative estimate of drug-likeness (QED) is 0.692. The van der Waals surface area contributed by atoms with Crippen LogP contribution in [0.4, 0.5) is 0 Å². The molecule has 3 aromatic rings. The van der Waals surface area contributed by atoms with E-state index in [0.717, 1.165) is 16.6 Å². The maximum atomic E-state index is 11.8. The fourth-order valence-electron chi connectivity index (χ4n) is 2.21. The Bertz CT molecular complexity index is 877. The van der Waals surface area contributed by atoms with E-state index < -0.39 is 12.1 Å². The second-order valence-corrected chi connectivity index (χ2v) is 5.11. The Balaban J connectivity index is 1.75. The number of rotatable bonds is 4. The van der Waals surface area contributed by atoms with Crippen LogP contribution in [-0.4, -0.2) is 27.1 Å². The van der Waals surface area contributed by atoms with Crippen LogP contribution in [0.25, 0.3) is 11.0 Å². The summed E-state index contributed by atoms with van der Waals surface area (Å²) in [5.74, 6) is -0.503. The monoisotopic (exact) mass is 306 g/mol. The minimum Gasteiger partial charge on any atom is -0.444 e. The summed E-state index contributed by atoms with van der Waals surface area (Å²) in [4.78, 5) is 11.8. The van der Waals surface area contributed by atoms with Crippen LogP contribution in [0.3, 0.4) is 0 Å². The summed E-state index contributed by atoms with van der Waals surface area (Å²) in [5.41, 5.74) is 3.21. The number of carbonyl (C=O) groups excluding carboxylic acids is 1. The van der Waals surface area contributed by atoms with Gasteiger partial charge in [-0.05, 0) is 36.8 Å². The van der Waals surface area contributed by atoms with Gasteiger partial charge in [0, 0.05) is 0 Å². The summed E-state index contributed by atoms with van der Waals surface area (Å²) in [6.45, 7) is 2.09. The molecule has 0 fully saturated rings. The summed E-state index contributed by atoms with van der Waals surface area (Å²) >= 11 is 0. The molecule has 0 saturated heterocycles. The number of aromatic nitrogens is 3. The van der Waals surface area contributed by atoms with E-state index >= 15 is 0 Å². The third-order valence-corrected chi connectivity index (χ3v) is 3.41. The van der Waals surface area contributed by atoms with Crippen molar-refractivity contribution in [2.45, 2.75) is 19.6 Å². The van der Waals surface area contributed by atoms with Gasteiger partial charge >= 0.3 is 5.97 Å². The van der Waals surface area contributed by atoms with Gasteiger partial charge in [-0.2, -0.15) is 5.26 Å². The Labute approximate surface area is 132 Å². The maximum Gasteiger partial charge on any atom is 0.339 e. The number of fused-ring (bicyclic) bond motifs is 1. The van der Waals surface area contributed by atoms with E-state index in [1.807, 2.05) is 42.5 Å². The number of benzene rings is 2. The molecule has 114 valence electrons. The number of hydrogen-bond donors (Lipinski definition) is 0. The van der Waals surface area contributed by atoms with E-state index in [-0.39, 0.29) is 0 Å². The first kappa shape index (κ1) is 14.7. The first-order valence-electron chi connectivity index (χ1n) is 7.15. The highest BCUT2D eigenvalue weighted by Crippen LogP contribution is 2.13. The second-order valence-electron chi connectivity index (χ2n) is 5.11. The lowest BCUT2D eigenvalue weighted by Crippen LogP contribution is -2.13. The van der Waals surface area contributed by atoms with Gasteiger partial charge < -0.3 is 4.74 Å². The molecule has 1 aromatic heterocycles. The molecular formula is C17H14N4O2. The van der Waals surface area contributed by atoms with Gasteiger partial charge in [0.1, 0.15) is 11.6 Å². The van der Waals surface area contributed by atoms with Gasteiger partial charge in [0.2, 0.25) is 0 Å². The van der Waals surface area contributed by atoms with Crippen LogP contribution in [0.2, 0.25) is 0 Å². The summed E-state index contributed by atoms with van der Waals surface area (Å²) < 4.78 is 6.77. The Morgan fingerprint density at radius 3 is 2.74 bits per heavy atom. The molecule has 0 aliphatic rings. The highest BCUT2D eigenvalue weighted by atomic mass is 16.5. The maximum absolute atomic E-state index is 11.8. The van der Waals surface area contributed by atoms with Crippen LogP contribution in [0.5, 0.6) is 0 Å². The zero-order chi connectivity index (χ0) is 16.2. The van der Waals surface area contributed by atoms with Gasteiger partial charge in [0.15, 0.2) is 6.10 Å². The molecule has 0 saturated carbocycles. The van der Waals surface area contributed by atoms with Crippen LogP contribution >= 0.6 is 0 Å². The van der Waals surface area contributed by atoms with Crippen LogP contribution in [-0.2, 0) is 11.3 Å². The summed E-state index contributed by atoms with van der Waals surface area (Å²) in [6, 6.07) is 16.6. The second kappa shape index (κ2) is 6.28. The first-order chi connectivity index (χ1) is 11.2. The standard InChI is InChI=1S/C17H14N4O2/c1-12(10-18)23-17(22)14-8-6-13(7-9-14)11-21-16-5-3-2-4-15(16)19-20-21/h2-9,12H,11H2,1H3/t12-/m0/s1. The average molecular weight is 306 g/mol. The molecule has 1 atom stereocenters. The van der Waals surface area contributed by atoms with Crippen LogP contribution in [0, 0.1) is 11.3 Å². The Morgan fingerprint density at radius 2 is 2.00 bits per heavy atom. The molecule has 0 radical (unpaired) electrons. The minimum absolute atomic E-state index is 0.416. The van der Waals surface area contributed by atoms with Crippen molar-refractivity contribution in [2.24, 2.45) is 0 Å². The molecule has 6 heteroatoms. The van der Waals surface area contributed by atoms with E-state index in [0.29, 0.717) is 12.1 Å². The van der Waals surface area contributed by atoms with Crippen molar-refractivity contribution < 1.29 is 9.53 Å². The van der Waals surface area contributed by atoms with Crippen molar-refractivity contribution in [2.75, 3.05) is 0 Å². The molecule has 0 N–H and O–H groups in total. The van der Waals surface area contributed by atoms with E-state index in [9.17, 15) is 4.79 Å². The number of nitrogens with zero attached hydrogens (tertiary/aromatic N) is 4. The van der Waals surface area contributed by atoms with Crippen LogP contribution in [0.1, 0.15) is 22.8 Å². The molecule has 2 aromatic carbocycles.